The Bertz CT molecular complexity index is 1910. The molecule has 43 heavy (non-hydrogen) atoms. The van der Waals surface area contributed by atoms with Gasteiger partial charge in [-0.15, -0.1) is 0 Å². The van der Waals surface area contributed by atoms with Gasteiger partial charge in [0.1, 0.15) is 11.6 Å². The SMILES string of the molecule is CCN(CC)S(=O)(=O)c1ccc(C(C)N(Cc2nc3c(C)cccc3c(=O)[nH]2)Cc2nc3c(C)cccc3c(=O)[nH]2)cc1. The van der Waals surface area contributed by atoms with Gasteiger partial charge < -0.3 is 9.97 Å². The zero-order chi connectivity index (χ0) is 30.9. The third-order valence-electron chi connectivity index (χ3n) is 7.93. The molecule has 2 N–H and O–H groups in total. The molecule has 0 amide bonds. The summed E-state index contributed by atoms with van der Waals surface area (Å²) in [5.41, 5.74) is 3.46. The monoisotopic (exact) mass is 600 g/mol. The molecule has 0 radical (unpaired) electrons. The maximum atomic E-state index is 13.1. The van der Waals surface area contributed by atoms with Crippen molar-refractivity contribution in [3.63, 3.8) is 0 Å². The molecule has 10 nitrogen and oxygen atoms in total. The van der Waals surface area contributed by atoms with Crippen LogP contribution in [0.4, 0.5) is 0 Å². The van der Waals surface area contributed by atoms with Crippen LogP contribution in [-0.4, -0.2) is 50.6 Å². The zero-order valence-electron chi connectivity index (χ0n) is 25.0. The Morgan fingerprint density at radius 2 is 1.21 bits per heavy atom. The van der Waals surface area contributed by atoms with Crippen LogP contribution in [0.5, 0.6) is 0 Å². The van der Waals surface area contributed by atoms with Crippen LogP contribution in [0.25, 0.3) is 21.8 Å². The van der Waals surface area contributed by atoms with Crippen molar-refractivity contribution in [2.75, 3.05) is 13.1 Å². The Hall–Kier alpha value is -4.19. The number of aryl methyl sites for hydroxylation is 2. The Morgan fingerprint density at radius 1 is 0.744 bits per heavy atom. The molecule has 1 atom stereocenters. The Morgan fingerprint density at radius 3 is 1.65 bits per heavy atom. The number of aromatic amines is 2. The summed E-state index contributed by atoms with van der Waals surface area (Å²) in [7, 11) is -3.60. The summed E-state index contributed by atoms with van der Waals surface area (Å²) in [6.45, 7) is 10.7. The molecule has 0 aliphatic carbocycles. The first-order valence-corrected chi connectivity index (χ1v) is 15.8. The van der Waals surface area contributed by atoms with E-state index in [1.54, 1.807) is 36.4 Å². The minimum Gasteiger partial charge on any atom is -0.309 e. The summed E-state index contributed by atoms with van der Waals surface area (Å²) in [6, 6.07) is 17.6. The Kier molecular flexibility index (Phi) is 8.59. The molecular weight excluding hydrogens is 564 g/mol. The predicted octanol–water partition coefficient (Wildman–Crippen LogP) is 4.57. The number of nitrogens with zero attached hydrogens (tertiary/aromatic N) is 4. The lowest BCUT2D eigenvalue weighted by Gasteiger charge is -2.29. The van der Waals surface area contributed by atoms with Crippen LogP contribution in [0.1, 0.15) is 55.2 Å². The van der Waals surface area contributed by atoms with E-state index in [-0.39, 0.29) is 35.1 Å². The molecule has 2 heterocycles. The van der Waals surface area contributed by atoms with Crippen LogP contribution in [0.2, 0.25) is 0 Å². The highest BCUT2D eigenvalue weighted by molar-refractivity contribution is 7.89. The second-order valence-corrected chi connectivity index (χ2v) is 12.6. The molecule has 0 saturated heterocycles. The maximum absolute atomic E-state index is 13.1. The van der Waals surface area contributed by atoms with E-state index >= 15 is 0 Å². The van der Waals surface area contributed by atoms with Gasteiger partial charge in [-0.2, -0.15) is 4.31 Å². The largest absolute Gasteiger partial charge is 0.309 e. The topological polar surface area (TPSA) is 132 Å². The first-order chi connectivity index (χ1) is 20.5. The minimum atomic E-state index is -3.60. The molecule has 0 fully saturated rings. The fourth-order valence-corrected chi connectivity index (χ4v) is 6.87. The highest BCUT2D eigenvalue weighted by Gasteiger charge is 2.24. The highest BCUT2D eigenvalue weighted by Crippen LogP contribution is 2.26. The first-order valence-electron chi connectivity index (χ1n) is 14.3. The standard InChI is InChI=1S/C32H36N6O4S/c1-6-38(7-2)43(41,42)24-16-14-23(15-17-24)22(5)37(18-27-33-29-20(3)10-8-12-25(29)31(39)35-27)19-28-34-30-21(4)11-9-13-26(30)32(40)36-28/h8-17,22H,6-7,18-19H2,1-5H3,(H,33,35,39)(H,34,36,40). The van der Waals surface area contributed by atoms with Crippen molar-refractivity contribution in [3.8, 4) is 0 Å². The maximum Gasteiger partial charge on any atom is 0.258 e. The number of nitrogens with one attached hydrogen (secondary N) is 2. The van der Waals surface area contributed by atoms with Gasteiger partial charge in [0.05, 0.1) is 39.8 Å². The van der Waals surface area contributed by atoms with E-state index in [9.17, 15) is 18.0 Å². The van der Waals surface area contributed by atoms with Crippen LogP contribution < -0.4 is 11.1 Å². The summed E-state index contributed by atoms with van der Waals surface area (Å²) in [5, 5.41) is 1.04. The number of aromatic nitrogens is 4. The fourth-order valence-electron chi connectivity index (χ4n) is 5.41. The Balaban J connectivity index is 1.55. The van der Waals surface area contributed by atoms with E-state index in [1.807, 2.05) is 63.8 Å². The quantitative estimate of drug-likeness (QED) is 0.240. The number of para-hydroxylation sites is 2. The summed E-state index contributed by atoms with van der Waals surface area (Å²) in [5.74, 6) is 0.942. The van der Waals surface area contributed by atoms with E-state index in [0.717, 1.165) is 16.7 Å². The number of rotatable bonds is 10. The van der Waals surface area contributed by atoms with Crippen LogP contribution in [0.15, 0.2) is 75.1 Å². The molecule has 5 aromatic rings. The van der Waals surface area contributed by atoms with Gasteiger partial charge in [-0.3, -0.25) is 14.5 Å². The number of H-pyrrole nitrogens is 2. The van der Waals surface area contributed by atoms with E-state index in [4.69, 9.17) is 9.97 Å². The van der Waals surface area contributed by atoms with Gasteiger partial charge in [-0.25, -0.2) is 18.4 Å². The predicted molar refractivity (Wildman–Crippen MR) is 168 cm³/mol. The van der Waals surface area contributed by atoms with Crippen LogP contribution in [-0.2, 0) is 23.1 Å². The third kappa shape index (κ3) is 6.01. The highest BCUT2D eigenvalue weighted by atomic mass is 32.2. The average molecular weight is 601 g/mol. The number of fused-ring (bicyclic) bond motifs is 2. The average Bonchev–Trinajstić information content (AvgIpc) is 2.98. The van der Waals surface area contributed by atoms with Crippen molar-refractivity contribution in [1.29, 1.82) is 0 Å². The van der Waals surface area contributed by atoms with Gasteiger partial charge in [0.15, 0.2) is 0 Å². The number of benzene rings is 3. The molecule has 5 rings (SSSR count). The molecule has 0 aliphatic rings. The molecule has 2 aromatic heterocycles. The van der Waals surface area contributed by atoms with Crippen molar-refractivity contribution in [2.45, 2.75) is 58.6 Å². The second kappa shape index (κ2) is 12.2. The van der Waals surface area contributed by atoms with Crippen molar-refractivity contribution < 1.29 is 8.42 Å². The number of hydrogen-bond donors (Lipinski definition) is 2. The molecule has 3 aromatic carbocycles. The fraction of sp³-hybridized carbons (Fsp3) is 0.312. The smallest absolute Gasteiger partial charge is 0.258 e. The molecular formula is C32H36N6O4S. The number of sulfonamides is 1. The van der Waals surface area contributed by atoms with Gasteiger partial charge in [-0.05, 0) is 61.7 Å². The van der Waals surface area contributed by atoms with Crippen molar-refractivity contribution >= 4 is 31.8 Å². The summed E-state index contributed by atoms with van der Waals surface area (Å²) in [4.78, 5) is 43.6. The van der Waals surface area contributed by atoms with E-state index in [0.29, 0.717) is 46.5 Å². The van der Waals surface area contributed by atoms with E-state index in [1.165, 1.54) is 4.31 Å². The summed E-state index contributed by atoms with van der Waals surface area (Å²) in [6.07, 6.45) is 0. The molecule has 11 heteroatoms. The van der Waals surface area contributed by atoms with Crippen molar-refractivity contribution in [1.82, 2.24) is 29.1 Å². The van der Waals surface area contributed by atoms with Gasteiger partial charge in [0.2, 0.25) is 10.0 Å². The van der Waals surface area contributed by atoms with Crippen LogP contribution in [0, 0.1) is 13.8 Å². The summed E-state index contributed by atoms with van der Waals surface area (Å²) < 4.78 is 27.5. The lowest BCUT2D eigenvalue weighted by molar-refractivity contribution is 0.182. The molecule has 224 valence electrons. The lowest BCUT2D eigenvalue weighted by Crippen LogP contribution is -2.31. The minimum absolute atomic E-state index is 0.227. The van der Waals surface area contributed by atoms with Gasteiger partial charge in [0.25, 0.3) is 11.1 Å². The Labute approximate surface area is 250 Å². The normalized spacial score (nSPS) is 12.9. The lowest BCUT2D eigenvalue weighted by atomic mass is 10.1. The van der Waals surface area contributed by atoms with Crippen molar-refractivity contribution in [2.24, 2.45) is 0 Å². The van der Waals surface area contributed by atoms with E-state index in [2.05, 4.69) is 9.97 Å². The van der Waals surface area contributed by atoms with Gasteiger partial charge in [-0.1, -0.05) is 50.2 Å². The molecule has 0 saturated carbocycles. The molecule has 0 spiro atoms. The second-order valence-electron chi connectivity index (χ2n) is 10.7. The van der Waals surface area contributed by atoms with Gasteiger partial charge >= 0.3 is 0 Å². The molecule has 1 unspecified atom stereocenters. The van der Waals surface area contributed by atoms with Crippen molar-refractivity contribution in [3.05, 3.63) is 110 Å². The summed E-state index contributed by atoms with van der Waals surface area (Å²) >= 11 is 0. The molecule has 0 aliphatic heterocycles. The zero-order valence-corrected chi connectivity index (χ0v) is 25.8. The first kappa shape index (κ1) is 30.3. The van der Waals surface area contributed by atoms with Gasteiger partial charge in [0, 0.05) is 19.1 Å². The van der Waals surface area contributed by atoms with Crippen LogP contribution >= 0.6 is 0 Å². The van der Waals surface area contributed by atoms with E-state index < -0.39 is 10.0 Å². The third-order valence-corrected chi connectivity index (χ3v) is 10.00. The molecule has 0 bridgehead atoms. The number of hydrogen-bond acceptors (Lipinski definition) is 7. The van der Waals surface area contributed by atoms with Crippen LogP contribution in [0.3, 0.4) is 0 Å².